The van der Waals surface area contributed by atoms with E-state index in [9.17, 15) is 9.18 Å². The number of hydrogen-bond acceptors (Lipinski definition) is 5. The first-order chi connectivity index (χ1) is 11.5. The fraction of sp³-hybridized carbons (Fsp3) is 0.235. The smallest absolute Gasteiger partial charge is 0.232 e. The Morgan fingerprint density at radius 3 is 2.62 bits per heavy atom. The number of rotatable bonds is 4. The topological polar surface area (TPSA) is 68.0 Å². The summed E-state index contributed by atoms with van der Waals surface area (Å²) in [5.74, 6) is -0.249. The summed E-state index contributed by atoms with van der Waals surface area (Å²) >= 11 is 1.32. The number of benzene rings is 1. The van der Waals surface area contributed by atoms with Crippen LogP contribution in [0.25, 0.3) is 11.3 Å². The number of nitrogens with one attached hydrogen (secondary N) is 1. The van der Waals surface area contributed by atoms with Gasteiger partial charge in [-0.2, -0.15) is 0 Å². The van der Waals surface area contributed by atoms with Gasteiger partial charge in [0.25, 0.3) is 0 Å². The molecule has 2 aromatic heterocycles. The quantitative estimate of drug-likeness (QED) is 0.765. The highest BCUT2D eigenvalue weighted by Crippen LogP contribution is 2.32. The molecule has 0 aliphatic rings. The fourth-order valence-electron chi connectivity index (χ4n) is 2.61. The van der Waals surface area contributed by atoms with E-state index in [-0.39, 0.29) is 11.7 Å². The largest absolute Gasteiger partial charge is 0.361 e. The molecule has 0 saturated carbocycles. The van der Waals surface area contributed by atoms with Crippen LogP contribution in [0.5, 0.6) is 0 Å². The van der Waals surface area contributed by atoms with E-state index >= 15 is 0 Å². The Morgan fingerprint density at radius 2 is 2.00 bits per heavy atom. The molecule has 0 fully saturated rings. The van der Waals surface area contributed by atoms with Gasteiger partial charge in [-0.1, -0.05) is 5.16 Å². The zero-order valence-electron chi connectivity index (χ0n) is 13.5. The van der Waals surface area contributed by atoms with Gasteiger partial charge >= 0.3 is 0 Å². The van der Waals surface area contributed by atoms with Crippen LogP contribution in [0, 0.1) is 19.7 Å². The summed E-state index contributed by atoms with van der Waals surface area (Å²) in [6, 6.07) is 6.01. The molecule has 3 rings (SSSR count). The van der Waals surface area contributed by atoms with E-state index in [0.717, 1.165) is 11.1 Å². The highest BCUT2D eigenvalue weighted by molar-refractivity contribution is 7.14. The number of halogens is 1. The lowest BCUT2D eigenvalue weighted by atomic mass is 9.99. The lowest BCUT2D eigenvalue weighted by Gasteiger charge is -2.12. The Labute approximate surface area is 142 Å². The molecule has 1 atom stereocenters. The van der Waals surface area contributed by atoms with Crippen molar-refractivity contribution >= 4 is 22.2 Å². The monoisotopic (exact) mass is 345 g/mol. The second-order valence-corrected chi connectivity index (χ2v) is 6.34. The van der Waals surface area contributed by atoms with Gasteiger partial charge in [0.15, 0.2) is 0 Å². The van der Waals surface area contributed by atoms with Gasteiger partial charge in [-0.05, 0) is 45.0 Å². The van der Waals surface area contributed by atoms with Gasteiger partial charge in [0.05, 0.1) is 17.1 Å². The van der Waals surface area contributed by atoms with Crippen molar-refractivity contribution in [3.05, 3.63) is 52.6 Å². The molecule has 1 amide bonds. The molecular weight excluding hydrogens is 329 g/mol. The first kappa shape index (κ1) is 16.3. The maximum absolute atomic E-state index is 13.1. The van der Waals surface area contributed by atoms with Crippen LogP contribution < -0.4 is 5.32 Å². The molecule has 0 radical (unpaired) electrons. The number of amides is 1. The van der Waals surface area contributed by atoms with Crippen LogP contribution in [0.4, 0.5) is 9.39 Å². The zero-order valence-corrected chi connectivity index (χ0v) is 14.3. The third-order valence-electron chi connectivity index (χ3n) is 3.84. The normalized spacial score (nSPS) is 12.2. The maximum atomic E-state index is 13.1. The van der Waals surface area contributed by atoms with E-state index < -0.39 is 5.92 Å². The first-order valence-electron chi connectivity index (χ1n) is 7.40. The van der Waals surface area contributed by atoms with Crippen molar-refractivity contribution in [1.82, 2.24) is 10.1 Å². The third kappa shape index (κ3) is 3.07. The number of carbonyl (C=O) groups excluding carboxylic acids is 1. The van der Waals surface area contributed by atoms with Crippen molar-refractivity contribution in [2.24, 2.45) is 0 Å². The highest BCUT2D eigenvalue weighted by atomic mass is 32.1. The Hall–Kier alpha value is -2.54. The predicted octanol–water partition coefficient (Wildman–Crippen LogP) is 4.30. The van der Waals surface area contributed by atoms with Crippen molar-refractivity contribution < 1.29 is 13.7 Å². The summed E-state index contributed by atoms with van der Waals surface area (Å²) in [6.07, 6.45) is 0. The molecule has 0 bridgehead atoms. The summed E-state index contributed by atoms with van der Waals surface area (Å²) in [5, 5.41) is 7.42. The second kappa shape index (κ2) is 6.52. The van der Waals surface area contributed by atoms with Gasteiger partial charge in [-0.25, -0.2) is 9.37 Å². The molecule has 0 spiro atoms. The molecule has 3 aromatic rings. The van der Waals surface area contributed by atoms with Crippen LogP contribution in [-0.2, 0) is 4.79 Å². The number of thiazole rings is 1. The molecular formula is C17H16FN3O2S. The van der Waals surface area contributed by atoms with Gasteiger partial charge in [-0.15, -0.1) is 11.3 Å². The lowest BCUT2D eigenvalue weighted by Crippen LogP contribution is -2.19. The summed E-state index contributed by atoms with van der Waals surface area (Å²) < 4.78 is 18.2. The third-order valence-corrected chi connectivity index (χ3v) is 4.58. The van der Waals surface area contributed by atoms with E-state index in [0.29, 0.717) is 22.1 Å². The van der Waals surface area contributed by atoms with Gasteiger partial charge in [0.2, 0.25) is 5.91 Å². The SMILES string of the molecule is Cc1noc(C)c1C(C)C(=O)Nc1scnc1-c1ccc(F)cc1. The van der Waals surface area contributed by atoms with Gasteiger partial charge in [-0.3, -0.25) is 4.79 Å². The number of aryl methyl sites for hydroxylation is 2. The Balaban J connectivity index is 1.83. The zero-order chi connectivity index (χ0) is 17.3. The Morgan fingerprint density at radius 1 is 1.29 bits per heavy atom. The average Bonchev–Trinajstić information content (AvgIpc) is 3.14. The van der Waals surface area contributed by atoms with Crippen LogP contribution in [0.3, 0.4) is 0 Å². The number of aromatic nitrogens is 2. The number of carbonyl (C=O) groups is 1. The lowest BCUT2D eigenvalue weighted by molar-refractivity contribution is -0.117. The van der Waals surface area contributed by atoms with Crippen LogP contribution in [0.15, 0.2) is 34.3 Å². The average molecular weight is 345 g/mol. The molecule has 1 unspecified atom stereocenters. The number of anilines is 1. The van der Waals surface area contributed by atoms with Crippen molar-refractivity contribution in [1.29, 1.82) is 0 Å². The molecule has 0 aliphatic carbocycles. The van der Waals surface area contributed by atoms with Crippen molar-refractivity contribution in [3.8, 4) is 11.3 Å². The molecule has 24 heavy (non-hydrogen) atoms. The summed E-state index contributed by atoms with van der Waals surface area (Å²) in [7, 11) is 0. The van der Waals surface area contributed by atoms with E-state index in [1.165, 1.54) is 23.5 Å². The van der Waals surface area contributed by atoms with Gasteiger partial charge in [0, 0.05) is 11.1 Å². The van der Waals surface area contributed by atoms with E-state index in [2.05, 4.69) is 15.5 Å². The number of nitrogens with zero attached hydrogens (tertiary/aromatic N) is 2. The minimum atomic E-state index is -0.403. The highest BCUT2D eigenvalue weighted by Gasteiger charge is 2.24. The molecule has 1 N–H and O–H groups in total. The van der Waals surface area contributed by atoms with Crippen LogP contribution in [0.2, 0.25) is 0 Å². The summed E-state index contributed by atoms with van der Waals surface area (Å²) in [5.41, 5.74) is 4.52. The molecule has 5 nitrogen and oxygen atoms in total. The van der Waals surface area contributed by atoms with Crippen LogP contribution >= 0.6 is 11.3 Å². The minimum Gasteiger partial charge on any atom is -0.361 e. The van der Waals surface area contributed by atoms with E-state index in [1.807, 2.05) is 6.92 Å². The summed E-state index contributed by atoms with van der Waals surface area (Å²) in [6.45, 7) is 5.41. The maximum Gasteiger partial charge on any atom is 0.232 e. The molecule has 7 heteroatoms. The van der Waals surface area contributed by atoms with Gasteiger partial charge < -0.3 is 9.84 Å². The van der Waals surface area contributed by atoms with Crippen LogP contribution in [0.1, 0.15) is 29.9 Å². The second-order valence-electron chi connectivity index (χ2n) is 5.49. The van der Waals surface area contributed by atoms with Crippen molar-refractivity contribution in [3.63, 3.8) is 0 Å². The van der Waals surface area contributed by atoms with Crippen LogP contribution in [-0.4, -0.2) is 16.0 Å². The Bertz CT molecular complexity index is 851. The predicted molar refractivity (Wildman–Crippen MR) is 90.5 cm³/mol. The Kier molecular flexibility index (Phi) is 4.44. The minimum absolute atomic E-state index is 0.169. The standard InChI is InChI=1S/C17H16FN3O2S/c1-9(14-10(2)21-23-11(14)3)16(22)20-17-15(19-8-24-17)12-4-6-13(18)7-5-12/h4-9H,1-3H3,(H,20,22). The molecule has 0 saturated heterocycles. The molecule has 124 valence electrons. The van der Waals surface area contributed by atoms with E-state index in [1.54, 1.807) is 31.5 Å². The molecule has 0 aliphatic heterocycles. The number of hydrogen-bond donors (Lipinski definition) is 1. The van der Waals surface area contributed by atoms with Gasteiger partial charge in [0.1, 0.15) is 22.3 Å². The first-order valence-corrected chi connectivity index (χ1v) is 8.28. The summed E-state index contributed by atoms with van der Waals surface area (Å²) in [4.78, 5) is 16.9. The molecule has 1 aromatic carbocycles. The van der Waals surface area contributed by atoms with Crippen molar-refractivity contribution in [2.45, 2.75) is 26.7 Å². The van der Waals surface area contributed by atoms with Crippen molar-refractivity contribution in [2.75, 3.05) is 5.32 Å². The van der Waals surface area contributed by atoms with E-state index in [4.69, 9.17) is 4.52 Å². The molecule has 2 heterocycles. The fourth-order valence-corrected chi connectivity index (χ4v) is 3.31.